The van der Waals surface area contributed by atoms with Crippen molar-refractivity contribution in [3.05, 3.63) is 34.3 Å². The van der Waals surface area contributed by atoms with Crippen molar-refractivity contribution in [1.29, 1.82) is 0 Å². The summed E-state index contributed by atoms with van der Waals surface area (Å²) in [6.45, 7) is 0.627. The van der Waals surface area contributed by atoms with Crippen molar-refractivity contribution in [2.75, 3.05) is 20.3 Å². The molecule has 0 saturated heterocycles. The molecule has 0 fully saturated rings. The van der Waals surface area contributed by atoms with Crippen LogP contribution in [0.25, 0.3) is 0 Å². The Labute approximate surface area is 133 Å². The van der Waals surface area contributed by atoms with Crippen LogP contribution in [0.2, 0.25) is 0 Å². The Morgan fingerprint density at radius 2 is 2.10 bits per heavy atom. The van der Waals surface area contributed by atoms with Crippen LogP contribution in [0, 0.1) is 0 Å². The van der Waals surface area contributed by atoms with Crippen LogP contribution in [0.5, 0.6) is 0 Å². The number of unbranched alkanes of at least 4 members (excludes halogenated alkanes) is 1. The molecule has 21 heavy (non-hydrogen) atoms. The van der Waals surface area contributed by atoms with Crippen LogP contribution in [0.4, 0.5) is 0 Å². The number of carboxylic acid groups (broad SMARTS) is 1. The summed E-state index contributed by atoms with van der Waals surface area (Å²) in [6, 6.07) is 7.50. The van der Waals surface area contributed by atoms with E-state index in [-0.39, 0.29) is 12.5 Å². The highest BCUT2D eigenvalue weighted by atomic mass is 79.9. The maximum Gasteiger partial charge on any atom is 0.323 e. The van der Waals surface area contributed by atoms with Crippen LogP contribution in [0.1, 0.15) is 24.8 Å². The van der Waals surface area contributed by atoms with Crippen LogP contribution >= 0.6 is 15.9 Å². The minimum absolute atomic E-state index is 0.145. The van der Waals surface area contributed by atoms with E-state index in [0.717, 1.165) is 16.5 Å². The smallest absolute Gasteiger partial charge is 0.323 e. The number of aliphatic carboxylic acids is 1. The van der Waals surface area contributed by atoms with E-state index < -0.39 is 5.97 Å². The van der Waals surface area contributed by atoms with Gasteiger partial charge in [0.05, 0.1) is 0 Å². The predicted molar refractivity (Wildman–Crippen MR) is 82.9 cm³/mol. The van der Waals surface area contributed by atoms with E-state index in [9.17, 15) is 9.59 Å². The van der Waals surface area contributed by atoms with Gasteiger partial charge in [-0.25, -0.2) is 0 Å². The molecule has 0 aliphatic rings. The van der Waals surface area contributed by atoms with E-state index in [0.29, 0.717) is 26.0 Å². The molecule has 1 aromatic carbocycles. The highest BCUT2D eigenvalue weighted by molar-refractivity contribution is 9.10. The molecule has 0 saturated carbocycles. The maximum atomic E-state index is 12.1. The first-order valence-electron chi connectivity index (χ1n) is 6.76. The lowest BCUT2D eigenvalue weighted by molar-refractivity contribution is -0.145. The molecule has 1 aromatic rings. The molecule has 116 valence electrons. The monoisotopic (exact) mass is 357 g/mol. The molecule has 6 heteroatoms. The minimum atomic E-state index is -1.00. The number of hydrogen-bond acceptors (Lipinski definition) is 3. The summed E-state index contributed by atoms with van der Waals surface area (Å²) in [5, 5.41) is 8.95. The summed E-state index contributed by atoms with van der Waals surface area (Å²) in [5.74, 6) is -1.15. The fourth-order valence-corrected chi connectivity index (χ4v) is 2.38. The van der Waals surface area contributed by atoms with Gasteiger partial charge in [0.25, 0.3) is 0 Å². The fourth-order valence-electron chi connectivity index (χ4n) is 1.93. The molecular formula is C15H20BrNO4. The van der Waals surface area contributed by atoms with Gasteiger partial charge in [-0.15, -0.1) is 0 Å². The minimum Gasteiger partial charge on any atom is -0.480 e. The Balaban J connectivity index is 2.62. The van der Waals surface area contributed by atoms with Gasteiger partial charge in [0.1, 0.15) is 6.54 Å². The van der Waals surface area contributed by atoms with Gasteiger partial charge in [-0.3, -0.25) is 9.59 Å². The van der Waals surface area contributed by atoms with Gasteiger partial charge in [0.15, 0.2) is 0 Å². The third-order valence-corrected chi connectivity index (χ3v) is 3.42. The number of methoxy groups -OCH3 is 1. The fraction of sp³-hybridized carbons (Fsp3) is 0.467. The van der Waals surface area contributed by atoms with E-state index in [1.165, 1.54) is 4.90 Å². The summed E-state index contributed by atoms with van der Waals surface area (Å²) in [5.41, 5.74) is 0.899. The highest BCUT2D eigenvalue weighted by Gasteiger charge is 2.16. The summed E-state index contributed by atoms with van der Waals surface area (Å²) >= 11 is 3.37. The maximum absolute atomic E-state index is 12.1. The van der Waals surface area contributed by atoms with E-state index in [4.69, 9.17) is 9.84 Å². The number of halogens is 1. The quantitative estimate of drug-likeness (QED) is 0.690. The molecule has 0 heterocycles. The molecular weight excluding hydrogens is 338 g/mol. The van der Waals surface area contributed by atoms with Gasteiger partial charge < -0.3 is 14.7 Å². The van der Waals surface area contributed by atoms with E-state index in [1.807, 2.05) is 24.3 Å². The third kappa shape index (κ3) is 7.24. The Morgan fingerprint density at radius 3 is 2.71 bits per heavy atom. The molecule has 5 nitrogen and oxygen atoms in total. The number of ether oxygens (including phenoxy) is 1. The normalized spacial score (nSPS) is 10.4. The van der Waals surface area contributed by atoms with Crippen LogP contribution in [-0.2, 0) is 20.9 Å². The number of amides is 1. The van der Waals surface area contributed by atoms with Crippen LogP contribution in [-0.4, -0.2) is 42.1 Å². The Morgan fingerprint density at radius 1 is 1.33 bits per heavy atom. The number of rotatable bonds is 9. The summed E-state index contributed by atoms with van der Waals surface area (Å²) in [7, 11) is 1.62. The van der Waals surface area contributed by atoms with Crippen molar-refractivity contribution >= 4 is 27.8 Å². The zero-order valence-electron chi connectivity index (χ0n) is 12.0. The average molecular weight is 358 g/mol. The topological polar surface area (TPSA) is 66.8 Å². The predicted octanol–water partition coefficient (Wildman–Crippen LogP) is 2.68. The Bertz CT molecular complexity index is 478. The van der Waals surface area contributed by atoms with Crippen molar-refractivity contribution in [1.82, 2.24) is 4.90 Å². The van der Waals surface area contributed by atoms with Crippen LogP contribution < -0.4 is 0 Å². The van der Waals surface area contributed by atoms with Crippen LogP contribution in [0.15, 0.2) is 28.7 Å². The van der Waals surface area contributed by atoms with Gasteiger partial charge in [-0.1, -0.05) is 28.1 Å². The first-order valence-corrected chi connectivity index (χ1v) is 7.55. The number of carbonyl (C=O) groups is 2. The van der Waals surface area contributed by atoms with Crippen molar-refractivity contribution in [3.63, 3.8) is 0 Å². The Kier molecular flexibility index (Phi) is 8.00. The second-order valence-electron chi connectivity index (χ2n) is 4.72. The van der Waals surface area contributed by atoms with E-state index in [2.05, 4.69) is 15.9 Å². The highest BCUT2D eigenvalue weighted by Crippen LogP contribution is 2.14. The van der Waals surface area contributed by atoms with Crippen molar-refractivity contribution < 1.29 is 19.4 Å². The zero-order valence-corrected chi connectivity index (χ0v) is 13.6. The van der Waals surface area contributed by atoms with Gasteiger partial charge in [-0.2, -0.15) is 0 Å². The molecule has 0 unspecified atom stereocenters. The van der Waals surface area contributed by atoms with Crippen molar-refractivity contribution in [3.8, 4) is 0 Å². The van der Waals surface area contributed by atoms with Gasteiger partial charge >= 0.3 is 5.97 Å². The molecule has 0 aliphatic heterocycles. The number of carbonyl (C=O) groups excluding carboxylic acids is 1. The van der Waals surface area contributed by atoms with Crippen LogP contribution in [0.3, 0.4) is 0 Å². The standard InChI is InChI=1S/C15H20BrNO4/c1-21-8-3-2-7-14(18)17(11-15(19)20)10-12-5-4-6-13(16)9-12/h4-6,9H,2-3,7-8,10-11H2,1H3,(H,19,20). The third-order valence-electron chi connectivity index (χ3n) is 2.93. The molecule has 0 radical (unpaired) electrons. The largest absolute Gasteiger partial charge is 0.480 e. The van der Waals surface area contributed by atoms with Crippen molar-refractivity contribution in [2.45, 2.75) is 25.8 Å². The Hall–Kier alpha value is -1.40. The molecule has 1 rings (SSSR count). The number of benzene rings is 1. The van der Waals surface area contributed by atoms with E-state index >= 15 is 0 Å². The molecule has 0 spiro atoms. The second kappa shape index (κ2) is 9.52. The summed E-state index contributed by atoms with van der Waals surface area (Å²) < 4.78 is 5.84. The summed E-state index contributed by atoms with van der Waals surface area (Å²) in [6.07, 6.45) is 1.83. The molecule has 0 aliphatic carbocycles. The molecule has 0 bridgehead atoms. The lowest BCUT2D eigenvalue weighted by atomic mass is 10.2. The van der Waals surface area contributed by atoms with Gasteiger partial charge in [-0.05, 0) is 30.5 Å². The molecule has 0 atom stereocenters. The first kappa shape index (κ1) is 17.7. The molecule has 1 N–H and O–H groups in total. The SMILES string of the molecule is COCCCCC(=O)N(CC(=O)O)Cc1cccc(Br)c1. The number of carboxylic acids is 1. The second-order valence-corrected chi connectivity index (χ2v) is 5.64. The lowest BCUT2D eigenvalue weighted by Crippen LogP contribution is -2.35. The molecule has 1 amide bonds. The van der Waals surface area contributed by atoms with Gasteiger partial charge in [0, 0.05) is 31.2 Å². The van der Waals surface area contributed by atoms with E-state index in [1.54, 1.807) is 7.11 Å². The zero-order chi connectivity index (χ0) is 15.7. The average Bonchev–Trinajstić information content (AvgIpc) is 2.42. The lowest BCUT2D eigenvalue weighted by Gasteiger charge is -2.21. The number of nitrogens with zero attached hydrogens (tertiary/aromatic N) is 1. The van der Waals surface area contributed by atoms with Gasteiger partial charge in [0.2, 0.25) is 5.91 Å². The summed E-state index contributed by atoms with van der Waals surface area (Å²) in [4.78, 5) is 24.4. The van der Waals surface area contributed by atoms with Crippen molar-refractivity contribution in [2.24, 2.45) is 0 Å². The number of hydrogen-bond donors (Lipinski definition) is 1. The first-order chi connectivity index (χ1) is 10.0. The molecule has 0 aromatic heterocycles.